The molecule has 0 bridgehead atoms. The molecule has 1 saturated carbocycles. The molecule has 3 atom stereocenters. The molecular weight excluding hydrogens is 108 g/mol. The van der Waals surface area contributed by atoms with Crippen molar-refractivity contribution in [3.05, 3.63) is 5.21 Å². The first kappa shape index (κ1) is 5.97. The molecule has 1 rings (SSSR count). The molecule has 0 aromatic carbocycles. The maximum atomic E-state index is 10.4. The molecule has 0 spiro atoms. The summed E-state index contributed by atoms with van der Waals surface area (Å²) >= 11 is 0. The van der Waals surface area contributed by atoms with E-state index in [4.69, 9.17) is 0 Å². The predicted molar refractivity (Wildman–Crippen MR) is 27.2 cm³/mol. The second kappa shape index (κ2) is 1.99. The summed E-state index contributed by atoms with van der Waals surface area (Å²) in [7, 11) is 0. The van der Waals surface area contributed by atoms with E-state index in [1.54, 1.807) is 0 Å². The van der Waals surface area contributed by atoms with Gasteiger partial charge in [-0.2, -0.15) is 5.90 Å². The molecule has 0 aromatic heterocycles. The van der Waals surface area contributed by atoms with Gasteiger partial charge in [-0.15, -0.1) is 4.94 Å². The summed E-state index contributed by atoms with van der Waals surface area (Å²) in [6.45, 7) is 2.00. The van der Waals surface area contributed by atoms with E-state index in [1.807, 2.05) is 6.92 Å². The van der Waals surface area contributed by atoms with Gasteiger partial charge in [-0.05, 0) is 0 Å². The van der Waals surface area contributed by atoms with Crippen molar-refractivity contribution in [2.24, 2.45) is 11.8 Å². The Morgan fingerprint density at radius 1 is 1.88 bits per heavy atom. The van der Waals surface area contributed by atoms with Crippen LogP contribution < -0.4 is 11.1 Å². The Bertz CT molecular complexity index is 86.1. The number of hydrogen-bond donors (Lipinski definition) is 2. The Morgan fingerprint density at radius 3 is 2.50 bits per heavy atom. The fourth-order valence-electron chi connectivity index (χ4n) is 0.738. The first-order chi connectivity index (χ1) is 3.75. The third-order valence-electron chi connectivity index (χ3n) is 1.53. The van der Waals surface area contributed by atoms with Crippen LogP contribution in [0.4, 0.5) is 0 Å². The third-order valence-corrected chi connectivity index (χ3v) is 1.53. The molecule has 0 heterocycles. The predicted octanol–water partition coefficient (Wildman–Crippen LogP) is -1.42. The van der Waals surface area contributed by atoms with Crippen molar-refractivity contribution in [2.75, 3.05) is 0 Å². The number of quaternary nitrogens is 1. The van der Waals surface area contributed by atoms with Crippen LogP contribution in [0.5, 0.6) is 0 Å². The van der Waals surface area contributed by atoms with Gasteiger partial charge in [-0.25, -0.2) is 5.23 Å². The topological polar surface area (TPSA) is 62.8 Å². The van der Waals surface area contributed by atoms with Crippen molar-refractivity contribution in [1.82, 2.24) is 0 Å². The average Bonchev–Trinajstić information content (AvgIpc) is 2.45. The Hall–Kier alpha value is -0.160. The SMILES string of the molecule is CC1CC1[NH+]([O-])ON. The molecule has 4 nitrogen and oxygen atoms in total. The Balaban J connectivity index is 2.18. The van der Waals surface area contributed by atoms with E-state index in [0.717, 1.165) is 6.42 Å². The van der Waals surface area contributed by atoms with Gasteiger partial charge in [0, 0.05) is 12.3 Å². The van der Waals surface area contributed by atoms with Crippen molar-refractivity contribution >= 4 is 0 Å². The monoisotopic (exact) mass is 118 g/mol. The van der Waals surface area contributed by atoms with Gasteiger partial charge in [0.2, 0.25) is 0 Å². The molecule has 0 saturated heterocycles. The van der Waals surface area contributed by atoms with E-state index >= 15 is 0 Å². The van der Waals surface area contributed by atoms with Crippen LogP contribution in [0.3, 0.4) is 0 Å². The average molecular weight is 118 g/mol. The van der Waals surface area contributed by atoms with Crippen LogP contribution in [0.25, 0.3) is 0 Å². The minimum atomic E-state index is -0.266. The zero-order valence-electron chi connectivity index (χ0n) is 4.76. The highest BCUT2D eigenvalue weighted by Gasteiger charge is 2.40. The highest BCUT2D eigenvalue weighted by atomic mass is 16.9. The van der Waals surface area contributed by atoms with Crippen LogP contribution >= 0.6 is 0 Å². The van der Waals surface area contributed by atoms with Crippen molar-refractivity contribution in [3.8, 4) is 0 Å². The first-order valence-corrected chi connectivity index (χ1v) is 2.66. The highest BCUT2D eigenvalue weighted by Crippen LogP contribution is 2.25. The van der Waals surface area contributed by atoms with E-state index < -0.39 is 0 Å². The van der Waals surface area contributed by atoms with Crippen LogP contribution in [0, 0.1) is 11.1 Å². The van der Waals surface area contributed by atoms with Gasteiger partial charge >= 0.3 is 0 Å². The lowest BCUT2D eigenvalue weighted by Gasteiger charge is -2.14. The van der Waals surface area contributed by atoms with Crippen LogP contribution in [-0.2, 0) is 4.94 Å². The van der Waals surface area contributed by atoms with Gasteiger partial charge < -0.3 is 5.21 Å². The normalized spacial score (nSPS) is 39.4. The number of rotatable bonds is 2. The van der Waals surface area contributed by atoms with Crippen molar-refractivity contribution in [3.63, 3.8) is 0 Å². The molecule has 1 aliphatic rings. The smallest absolute Gasteiger partial charge is 0.122 e. The second-order valence-electron chi connectivity index (χ2n) is 2.26. The summed E-state index contributed by atoms with van der Waals surface area (Å²) in [6, 6.07) is 0.0972. The van der Waals surface area contributed by atoms with E-state index in [0.29, 0.717) is 5.92 Å². The number of hydrogen-bond acceptors (Lipinski definition) is 3. The third kappa shape index (κ3) is 0.976. The van der Waals surface area contributed by atoms with E-state index in [1.165, 1.54) is 0 Å². The molecule has 4 heteroatoms. The second-order valence-corrected chi connectivity index (χ2v) is 2.26. The summed E-state index contributed by atoms with van der Waals surface area (Å²) in [4.78, 5) is 4.01. The molecule has 48 valence electrons. The Morgan fingerprint density at radius 2 is 2.38 bits per heavy atom. The maximum absolute atomic E-state index is 10.4. The summed E-state index contributed by atoms with van der Waals surface area (Å²) in [5.74, 6) is 5.12. The van der Waals surface area contributed by atoms with Gasteiger partial charge in [-0.3, -0.25) is 0 Å². The van der Waals surface area contributed by atoms with Crippen LogP contribution in [-0.4, -0.2) is 6.04 Å². The number of nitrogens with one attached hydrogen (secondary N) is 1. The van der Waals surface area contributed by atoms with Gasteiger partial charge in [0.25, 0.3) is 0 Å². The van der Waals surface area contributed by atoms with Crippen LogP contribution in [0.1, 0.15) is 13.3 Å². The Kier molecular flexibility index (Phi) is 1.48. The van der Waals surface area contributed by atoms with Crippen molar-refractivity contribution in [2.45, 2.75) is 19.4 Å². The molecule has 0 aliphatic heterocycles. The standard InChI is InChI=1S/C4H10N2O2/c1-3-2-4(3)6(7)8-5/h3-4,6H,2,5H2,1H3. The zero-order chi connectivity index (χ0) is 6.15. The summed E-state index contributed by atoms with van der Waals surface area (Å²) < 4.78 is 0. The summed E-state index contributed by atoms with van der Waals surface area (Å²) in [6.07, 6.45) is 0.941. The van der Waals surface area contributed by atoms with E-state index in [2.05, 4.69) is 10.8 Å². The largest absolute Gasteiger partial charge is 0.598 e. The first-order valence-electron chi connectivity index (χ1n) is 2.66. The van der Waals surface area contributed by atoms with Crippen LogP contribution in [0.2, 0.25) is 0 Å². The minimum absolute atomic E-state index is 0.0972. The van der Waals surface area contributed by atoms with Gasteiger partial charge in [0.1, 0.15) is 6.04 Å². The minimum Gasteiger partial charge on any atom is -0.598 e. The summed E-state index contributed by atoms with van der Waals surface area (Å²) in [5, 5.41) is 10.2. The molecule has 3 unspecified atom stereocenters. The lowest BCUT2D eigenvalue weighted by atomic mass is 10.5. The lowest BCUT2D eigenvalue weighted by Crippen LogP contribution is -3.09. The van der Waals surface area contributed by atoms with Crippen molar-refractivity contribution in [1.29, 1.82) is 0 Å². The molecular formula is C4H10N2O2. The molecule has 1 aliphatic carbocycles. The fourth-order valence-corrected chi connectivity index (χ4v) is 0.738. The van der Waals surface area contributed by atoms with Crippen LogP contribution in [0.15, 0.2) is 0 Å². The van der Waals surface area contributed by atoms with Gasteiger partial charge in [-0.1, -0.05) is 6.92 Å². The van der Waals surface area contributed by atoms with Gasteiger partial charge in [0.05, 0.1) is 0 Å². The number of hydroxylamine groups is 2. The molecule has 0 radical (unpaired) electrons. The van der Waals surface area contributed by atoms with Crippen molar-refractivity contribution < 1.29 is 10.2 Å². The quantitative estimate of drug-likeness (QED) is 0.437. The number of nitrogens with two attached hydrogens (primary N) is 1. The van der Waals surface area contributed by atoms with E-state index in [-0.39, 0.29) is 11.3 Å². The zero-order valence-corrected chi connectivity index (χ0v) is 4.76. The molecule has 8 heavy (non-hydrogen) atoms. The highest BCUT2D eigenvalue weighted by molar-refractivity contribution is 4.80. The molecule has 0 amide bonds. The molecule has 0 aromatic rings. The molecule has 3 N–H and O–H groups in total. The van der Waals surface area contributed by atoms with E-state index in [9.17, 15) is 5.21 Å². The summed E-state index contributed by atoms with van der Waals surface area (Å²) in [5.41, 5.74) is 0. The molecule has 1 fully saturated rings. The Labute approximate surface area is 47.7 Å². The fraction of sp³-hybridized carbons (Fsp3) is 1.00. The van der Waals surface area contributed by atoms with Gasteiger partial charge in [0.15, 0.2) is 0 Å². The lowest BCUT2D eigenvalue weighted by molar-refractivity contribution is -1.06. The maximum Gasteiger partial charge on any atom is 0.122 e.